The average Bonchev–Trinajstić information content (AvgIpc) is 3.15. The Bertz CT molecular complexity index is 761. The molecule has 8 heteroatoms. The number of carbonyl (C=O) groups excluding carboxylic acids is 3. The van der Waals surface area contributed by atoms with Crippen LogP contribution in [0, 0.1) is 0 Å². The molecule has 0 aliphatic heterocycles. The number of amides is 2. The minimum atomic E-state index is -0.953. The van der Waals surface area contributed by atoms with Crippen LogP contribution in [-0.2, 0) is 20.9 Å². The molecule has 138 valence electrons. The Kier molecular flexibility index (Phi) is 7.23. The second kappa shape index (κ2) is 9.62. The number of nitrogens with one attached hydrogen (secondary N) is 2. The monoisotopic (exact) mass is 378 g/mol. The summed E-state index contributed by atoms with van der Waals surface area (Å²) in [6, 6.07) is 10.2. The molecule has 2 amide bonds. The SMILES string of the molecule is CC(OC(=O)CCNC(=O)c1ccco1)C(=O)NCc1ccccc1Cl. The van der Waals surface area contributed by atoms with Gasteiger partial charge in [-0.25, -0.2) is 0 Å². The normalized spacial score (nSPS) is 11.5. The lowest BCUT2D eigenvalue weighted by molar-refractivity contribution is -0.154. The van der Waals surface area contributed by atoms with Gasteiger partial charge in [0.1, 0.15) is 0 Å². The van der Waals surface area contributed by atoms with Crippen molar-refractivity contribution < 1.29 is 23.5 Å². The standard InChI is InChI=1S/C18H19ClN2O5/c1-12(17(23)21-11-13-5-2-3-6-14(13)19)26-16(22)8-9-20-18(24)15-7-4-10-25-15/h2-7,10,12H,8-9,11H2,1H3,(H,20,24)(H,21,23). The van der Waals surface area contributed by atoms with E-state index in [1.807, 2.05) is 6.07 Å². The topological polar surface area (TPSA) is 97.6 Å². The molecule has 0 spiro atoms. The summed E-state index contributed by atoms with van der Waals surface area (Å²) in [4.78, 5) is 35.4. The van der Waals surface area contributed by atoms with Crippen molar-refractivity contribution in [3.05, 3.63) is 59.0 Å². The molecule has 0 saturated carbocycles. The predicted octanol–water partition coefficient (Wildman–Crippen LogP) is 2.30. The van der Waals surface area contributed by atoms with Crippen molar-refractivity contribution in [2.24, 2.45) is 0 Å². The number of ether oxygens (including phenoxy) is 1. The van der Waals surface area contributed by atoms with Crippen molar-refractivity contribution in [2.45, 2.75) is 26.0 Å². The lowest BCUT2D eigenvalue weighted by atomic mass is 10.2. The van der Waals surface area contributed by atoms with E-state index in [0.29, 0.717) is 5.02 Å². The number of hydrogen-bond acceptors (Lipinski definition) is 5. The fourth-order valence-corrected chi connectivity index (χ4v) is 2.25. The van der Waals surface area contributed by atoms with Gasteiger partial charge in [-0.1, -0.05) is 29.8 Å². The van der Waals surface area contributed by atoms with E-state index >= 15 is 0 Å². The maximum Gasteiger partial charge on any atom is 0.308 e. The van der Waals surface area contributed by atoms with Crippen molar-refractivity contribution in [2.75, 3.05) is 6.54 Å². The molecular weight excluding hydrogens is 360 g/mol. The van der Waals surface area contributed by atoms with Gasteiger partial charge >= 0.3 is 5.97 Å². The van der Waals surface area contributed by atoms with Gasteiger partial charge in [-0.15, -0.1) is 0 Å². The highest BCUT2D eigenvalue weighted by atomic mass is 35.5. The lowest BCUT2D eigenvalue weighted by Gasteiger charge is -2.14. The molecule has 2 aromatic rings. The summed E-state index contributed by atoms with van der Waals surface area (Å²) in [5, 5.41) is 5.72. The van der Waals surface area contributed by atoms with E-state index in [2.05, 4.69) is 10.6 Å². The molecule has 0 fully saturated rings. The molecule has 0 radical (unpaired) electrons. The number of benzene rings is 1. The van der Waals surface area contributed by atoms with Crippen LogP contribution in [0.15, 0.2) is 47.1 Å². The molecule has 0 aliphatic rings. The van der Waals surface area contributed by atoms with E-state index in [0.717, 1.165) is 5.56 Å². The van der Waals surface area contributed by atoms with Crippen molar-refractivity contribution >= 4 is 29.4 Å². The number of hydrogen-bond donors (Lipinski definition) is 2. The first-order valence-corrected chi connectivity index (χ1v) is 8.37. The van der Waals surface area contributed by atoms with Crippen LogP contribution in [0.5, 0.6) is 0 Å². The summed E-state index contributed by atoms with van der Waals surface area (Å²) >= 11 is 6.01. The number of furan rings is 1. The summed E-state index contributed by atoms with van der Waals surface area (Å²) in [5.41, 5.74) is 0.765. The first kappa shape index (κ1) is 19.5. The van der Waals surface area contributed by atoms with Gasteiger partial charge in [0, 0.05) is 18.1 Å². The Balaban J connectivity index is 1.68. The van der Waals surface area contributed by atoms with Gasteiger partial charge in [0.2, 0.25) is 0 Å². The Morgan fingerprint density at radius 3 is 2.62 bits per heavy atom. The highest BCUT2D eigenvalue weighted by Gasteiger charge is 2.18. The zero-order chi connectivity index (χ0) is 18.9. The molecule has 2 N–H and O–H groups in total. The molecule has 0 saturated heterocycles. The fraction of sp³-hybridized carbons (Fsp3) is 0.278. The Labute approximate surface area is 155 Å². The third-order valence-electron chi connectivity index (χ3n) is 3.45. The number of rotatable bonds is 8. The van der Waals surface area contributed by atoms with Gasteiger partial charge in [0.25, 0.3) is 11.8 Å². The van der Waals surface area contributed by atoms with Crippen LogP contribution in [-0.4, -0.2) is 30.4 Å². The molecule has 1 aromatic heterocycles. The van der Waals surface area contributed by atoms with Crippen LogP contribution < -0.4 is 10.6 Å². The minimum Gasteiger partial charge on any atom is -0.459 e. The summed E-state index contributed by atoms with van der Waals surface area (Å²) in [6.45, 7) is 1.78. The first-order valence-electron chi connectivity index (χ1n) is 7.99. The number of esters is 1. The van der Waals surface area contributed by atoms with E-state index in [9.17, 15) is 14.4 Å². The van der Waals surface area contributed by atoms with Crippen molar-refractivity contribution in [3.8, 4) is 0 Å². The highest BCUT2D eigenvalue weighted by molar-refractivity contribution is 6.31. The third-order valence-corrected chi connectivity index (χ3v) is 3.82. The summed E-state index contributed by atoms with van der Waals surface area (Å²) in [5.74, 6) is -1.29. The summed E-state index contributed by atoms with van der Waals surface area (Å²) < 4.78 is 9.97. The molecule has 0 bridgehead atoms. The maximum atomic E-state index is 12.0. The summed E-state index contributed by atoms with van der Waals surface area (Å²) in [6.07, 6.45) is 0.367. The van der Waals surface area contributed by atoms with Crippen molar-refractivity contribution in [1.82, 2.24) is 10.6 Å². The molecule has 2 rings (SSSR count). The predicted molar refractivity (Wildman–Crippen MR) is 94.5 cm³/mol. The second-order valence-corrected chi connectivity index (χ2v) is 5.83. The zero-order valence-electron chi connectivity index (χ0n) is 14.2. The third kappa shape index (κ3) is 5.93. The van der Waals surface area contributed by atoms with Crippen LogP contribution in [0.4, 0.5) is 0 Å². The van der Waals surface area contributed by atoms with Gasteiger partial charge in [-0.05, 0) is 30.7 Å². The molecule has 26 heavy (non-hydrogen) atoms. The first-order chi connectivity index (χ1) is 12.5. The van der Waals surface area contributed by atoms with Crippen LogP contribution in [0.1, 0.15) is 29.5 Å². The second-order valence-electron chi connectivity index (χ2n) is 5.42. The van der Waals surface area contributed by atoms with Gasteiger partial charge in [0.15, 0.2) is 11.9 Å². The van der Waals surface area contributed by atoms with Crippen LogP contribution in [0.3, 0.4) is 0 Å². The zero-order valence-corrected chi connectivity index (χ0v) is 14.9. The highest BCUT2D eigenvalue weighted by Crippen LogP contribution is 2.14. The summed E-state index contributed by atoms with van der Waals surface area (Å²) in [7, 11) is 0. The largest absolute Gasteiger partial charge is 0.459 e. The van der Waals surface area contributed by atoms with Gasteiger partial charge in [-0.2, -0.15) is 0 Å². The maximum absolute atomic E-state index is 12.0. The average molecular weight is 379 g/mol. The molecule has 1 aromatic carbocycles. The van der Waals surface area contributed by atoms with Crippen LogP contribution in [0.25, 0.3) is 0 Å². The van der Waals surface area contributed by atoms with Crippen molar-refractivity contribution in [1.29, 1.82) is 0 Å². The quantitative estimate of drug-likeness (QED) is 0.687. The molecule has 1 heterocycles. The molecular formula is C18H19ClN2O5. The van der Waals surface area contributed by atoms with Gasteiger partial charge in [-0.3, -0.25) is 14.4 Å². The lowest BCUT2D eigenvalue weighted by Crippen LogP contribution is -2.36. The van der Waals surface area contributed by atoms with Crippen molar-refractivity contribution in [3.63, 3.8) is 0 Å². The Hall–Kier alpha value is -2.80. The molecule has 7 nitrogen and oxygen atoms in total. The molecule has 0 aliphatic carbocycles. The van der Waals surface area contributed by atoms with Crippen LogP contribution in [0.2, 0.25) is 5.02 Å². The Morgan fingerprint density at radius 2 is 1.92 bits per heavy atom. The minimum absolute atomic E-state index is 0.0609. The van der Waals surface area contributed by atoms with Gasteiger partial charge < -0.3 is 19.8 Å². The van der Waals surface area contributed by atoms with E-state index in [4.69, 9.17) is 20.8 Å². The van der Waals surface area contributed by atoms with E-state index in [1.165, 1.54) is 19.3 Å². The fourth-order valence-electron chi connectivity index (χ4n) is 2.05. The van der Waals surface area contributed by atoms with E-state index < -0.39 is 23.9 Å². The van der Waals surface area contributed by atoms with E-state index in [-0.39, 0.29) is 25.3 Å². The molecule has 1 atom stereocenters. The van der Waals surface area contributed by atoms with Gasteiger partial charge in [0.05, 0.1) is 12.7 Å². The Morgan fingerprint density at radius 1 is 1.15 bits per heavy atom. The number of carbonyl (C=O) groups is 3. The van der Waals surface area contributed by atoms with E-state index in [1.54, 1.807) is 24.3 Å². The smallest absolute Gasteiger partial charge is 0.308 e. The van der Waals surface area contributed by atoms with Crippen LogP contribution >= 0.6 is 11.6 Å². The molecule has 1 unspecified atom stereocenters. The number of halogens is 1.